The van der Waals surface area contributed by atoms with E-state index in [1.807, 2.05) is 0 Å². The third-order valence-electron chi connectivity index (χ3n) is 12.5. The van der Waals surface area contributed by atoms with E-state index in [9.17, 15) is 0 Å². The summed E-state index contributed by atoms with van der Waals surface area (Å²) in [7, 11) is 0. The first-order chi connectivity index (χ1) is 28.3. The van der Waals surface area contributed by atoms with Crippen molar-refractivity contribution < 1.29 is 4.42 Å². The standard InChI is InChI=1S/C54H44N2O/c1-3-13-37(14-4-1)39-23-25-40(26-24-39)41-27-29-43(30-28-41)55(44-31-33-45(34-32-44)56-50-20-10-7-17-46(50)47-18-8-11-21-51(47)56)52-36-42(38-15-5-2-6-16-38)35-49-48-19-9-12-22-53(48)57-54(49)52/h1-3,5-10,12-13,15-20,22-29,31-36,43,46,50H,4,11,14,21,30H2. The van der Waals surface area contributed by atoms with Crippen molar-refractivity contribution in [2.45, 2.75) is 44.2 Å². The fourth-order valence-electron chi connectivity index (χ4n) is 9.67. The third kappa shape index (κ3) is 5.97. The molecule has 0 saturated carbocycles. The average Bonchev–Trinajstić information content (AvgIpc) is 3.84. The molecule has 0 N–H and O–H groups in total. The molecule has 3 nitrogen and oxygen atoms in total. The van der Waals surface area contributed by atoms with Crippen LogP contribution in [0.4, 0.5) is 17.1 Å². The predicted octanol–water partition coefficient (Wildman–Crippen LogP) is 14.1. The van der Waals surface area contributed by atoms with Crippen LogP contribution in [0.5, 0.6) is 0 Å². The summed E-state index contributed by atoms with van der Waals surface area (Å²) < 4.78 is 6.82. The number of fused-ring (bicyclic) bond motifs is 5. The van der Waals surface area contributed by atoms with Crippen molar-refractivity contribution in [3.63, 3.8) is 0 Å². The number of hydrogen-bond acceptors (Lipinski definition) is 3. The Morgan fingerprint density at radius 2 is 1.44 bits per heavy atom. The van der Waals surface area contributed by atoms with Crippen LogP contribution in [0.1, 0.15) is 43.2 Å². The molecular weight excluding hydrogens is 693 g/mol. The van der Waals surface area contributed by atoms with Gasteiger partial charge in [0, 0.05) is 33.8 Å². The Hall–Kier alpha value is -6.58. The molecule has 57 heavy (non-hydrogen) atoms. The number of benzene rings is 5. The maximum atomic E-state index is 6.82. The number of hydrogen-bond donors (Lipinski definition) is 0. The molecule has 2 heterocycles. The summed E-state index contributed by atoms with van der Waals surface area (Å²) in [6, 6.07) is 42.7. The van der Waals surface area contributed by atoms with Crippen molar-refractivity contribution in [1.82, 2.24) is 0 Å². The molecule has 1 aromatic heterocycles. The average molecular weight is 737 g/mol. The molecule has 276 valence electrons. The van der Waals surface area contributed by atoms with Gasteiger partial charge in [-0.1, -0.05) is 146 Å². The van der Waals surface area contributed by atoms with Crippen LogP contribution >= 0.6 is 0 Å². The monoisotopic (exact) mass is 736 g/mol. The van der Waals surface area contributed by atoms with Crippen LogP contribution in [0.2, 0.25) is 0 Å². The minimum Gasteiger partial charge on any atom is -0.454 e. The van der Waals surface area contributed by atoms with E-state index < -0.39 is 0 Å². The second kappa shape index (κ2) is 14.2. The SMILES string of the molecule is C1=CCCC(c2ccc(C3=CCC(N(c4ccc(N5C6=C(C=CCC6)C6C=CC=CC65)cc4)c4cc(-c5ccccc5)cc5c4oc4ccccc45)C=C3)cc2)=C1. The van der Waals surface area contributed by atoms with Crippen molar-refractivity contribution in [2.24, 2.45) is 5.92 Å². The molecule has 0 amide bonds. The second-order valence-corrected chi connectivity index (χ2v) is 15.8. The van der Waals surface area contributed by atoms with Crippen molar-refractivity contribution in [3.8, 4) is 11.1 Å². The van der Waals surface area contributed by atoms with E-state index in [1.54, 1.807) is 0 Å². The maximum absolute atomic E-state index is 6.82. The van der Waals surface area contributed by atoms with Crippen molar-refractivity contribution in [2.75, 3.05) is 9.80 Å². The van der Waals surface area contributed by atoms with Crippen molar-refractivity contribution in [1.29, 1.82) is 0 Å². The molecule has 4 aliphatic carbocycles. The zero-order chi connectivity index (χ0) is 37.7. The smallest absolute Gasteiger partial charge is 0.159 e. The summed E-state index contributed by atoms with van der Waals surface area (Å²) in [5.74, 6) is 0.394. The summed E-state index contributed by atoms with van der Waals surface area (Å²) in [5.41, 5.74) is 15.8. The summed E-state index contributed by atoms with van der Waals surface area (Å²) >= 11 is 0. The largest absolute Gasteiger partial charge is 0.454 e. The molecule has 0 spiro atoms. The van der Waals surface area contributed by atoms with Gasteiger partial charge in [0.25, 0.3) is 0 Å². The Bertz CT molecular complexity index is 2770. The lowest BCUT2D eigenvalue weighted by molar-refractivity contribution is 0.664. The number of furan rings is 1. The first-order valence-corrected chi connectivity index (χ1v) is 20.6. The summed E-state index contributed by atoms with van der Waals surface area (Å²) in [6.45, 7) is 0. The van der Waals surface area contributed by atoms with Crippen LogP contribution < -0.4 is 9.80 Å². The predicted molar refractivity (Wildman–Crippen MR) is 239 cm³/mol. The van der Waals surface area contributed by atoms with E-state index in [2.05, 4.69) is 198 Å². The first kappa shape index (κ1) is 33.7. The fourth-order valence-corrected chi connectivity index (χ4v) is 9.67. The van der Waals surface area contributed by atoms with Gasteiger partial charge in [-0.25, -0.2) is 0 Å². The molecule has 0 fully saturated rings. The van der Waals surface area contributed by atoms with Crippen LogP contribution in [0.3, 0.4) is 0 Å². The Balaban J connectivity index is 1.01. The van der Waals surface area contributed by atoms with Gasteiger partial charge in [-0.15, -0.1) is 0 Å². The highest BCUT2D eigenvalue weighted by atomic mass is 16.3. The second-order valence-electron chi connectivity index (χ2n) is 15.8. The quantitative estimate of drug-likeness (QED) is 0.163. The van der Waals surface area contributed by atoms with E-state index in [-0.39, 0.29) is 6.04 Å². The van der Waals surface area contributed by atoms with Crippen LogP contribution in [0.15, 0.2) is 204 Å². The lowest BCUT2D eigenvalue weighted by Gasteiger charge is -2.35. The van der Waals surface area contributed by atoms with E-state index in [0.29, 0.717) is 12.0 Å². The highest BCUT2D eigenvalue weighted by Gasteiger charge is 2.39. The normalized spacial score (nSPS) is 20.9. The molecule has 3 heteroatoms. The van der Waals surface area contributed by atoms with E-state index in [0.717, 1.165) is 65.4 Å². The Morgan fingerprint density at radius 1 is 0.632 bits per heavy atom. The van der Waals surface area contributed by atoms with Crippen molar-refractivity contribution in [3.05, 3.63) is 211 Å². The van der Waals surface area contributed by atoms with E-state index >= 15 is 0 Å². The number of para-hydroxylation sites is 1. The third-order valence-corrected chi connectivity index (χ3v) is 12.5. The van der Waals surface area contributed by atoms with Crippen LogP contribution in [0.25, 0.3) is 44.2 Å². The first-order valence-electron chi connectivity index (χ1n) is 20.6. The zero-order valence-electron chi connectivity index (χ0n) is 32.0. The number of allylic oxidation sites excluding steroid dienone is 11. The lowest BCUT2D eigenvalue weighted by Crippen LogP contribution is -2.33. The van der Waals surface area contributed by atoms with Crippen molar-refractivity contribution >= 4 is 50.1 Å². The highest BCUT2D eigenvalue weighted by molar-refractivity contribution is 6.11. The molecule has 3 atom stereocenters. The lowest BCUT2D eigenvalue weighted by atomic mass is 9.88. The summed E-state index contributed by atoms with van der Waals surface area (Å²) in [6.07, 6.45) is 32.9. The van der Waals surface area contributed by atoms with E-state index in [1.165, 1.54) is 50.4 Å². The van der Waals surface area contributed by atoms with Gasteiger partial charge in [0.1, 0.15) is 5.58 Å². The molecule has 6 aromatic rings. The fraction of sp³-hybridized carbons (Fsp3) is 0.148. The molecular formula is C54H44N2O. The summed E-state index contributed by atoms with van der Waals surface area (Å²) in [5, 5.41) is 2.27. The Morgan fingerprint density at radius 3 is 2.26 bits per heavy atom. The van der Waals surface area contributed by atoms with Gasteiger partial charge in [-0.05, 0) is 114 Å². The molecule has 0 bridgehead atoms. The Labute approximate surface area is 334 Å². The van der Waals surface area contributed by atoms with Gasteiger partial charge in [-0.2, -0.15) is 0 Å². The molecule has 5 aromatic carbocycles. The molecule has 0 radical (unpaired) electrons. The Kier molecular flexibility index (Phi) is 8.39. The van der Waals surface area contributed by atoms with Crippen LogP contribution in [-0.2, 0) is 0 Å². The maximum Gasteiger partial charge on any atom is 0.159 e. The van der Waals surface area contributed by atoms with Crippen LogP contribution in [-0.4, -0.2) is 12.1 Å². The molecule has 5 aliphatic rings. The number of rotatable bonds is 7. The van der Waals surface area contributed by atoms with E-state index in [4.69, 9.17) is 4.42 Å². The number of anilines is 3. The minimum absolute atomic E-state index is 0.0702. The topological polar surface area (TPSA) is 19.6 Å². The van der Waals surface area contributed by atoms with Gasteiger partial charge in [0.15, 0.2) is 5.58 Å². The van der Waals surface area contributed by atoms with Gasteiger partial charge >= 0.3 is 0 Å². The van der Waals surface area contributed by atoms with Gasteiger partial charge in [-0.3, -0.25) is 0 Å². The molecule has 11 rings (SSSR count). The zero-order valence-corrected chi connectivity index (χ0v) is 32.0. The minimum atomic E-state index is 0.0702. The molecule has 0 saturated heterocycles. The van der Waals surface area contributed by atoms with Crippen LogP contribution in [0, 0.1) is 5.92 Å². The number of nitrogens with zero attached hydrogens (tertiary/aromatic N) is 2. The molecule has 1 aliphatic heterocycles. The summed E-state index contributed by atoms with van der Waals surface area (Å²) in [4.78, 5) is 5.11. The molecule has 3 unspecified atom stereocenters. The van der Waals surface area contributed by atoms with Gasteiger partial charge in [0.05, 0.1) is 17.8 Å². The van der Waals surface area contributed by atoms with Gasteiger partial charge in [0.2, 0.25) is 0 Å². The van der Waals surface area contributed by atoms with Gasteiger partial charge < -0.3 is 14.2 Å². The highest BCUT2D eigenvalue weighted by Crippen LogP contribution is 2.47.